The van der Waals surface area contributed by atoms with Crippen molar-refractivity contribution in [2.24, 2.45) is 5.92 Å². The molecular formula is C13H21N3O. The van der Waals surface area contributed by atoms with Crippen molar-refractivity contribution in [3.63, 3.8) is 0 Å². The summed E-state index contributed by atoms with van der Waals surface area (Å²) in [6.45, 7) is 5.88. The Morgan fingerprint density at radius 1 is 1.59 bits per heavy atom. The lowest BCUT2D eigenvalue weighted by Crippen LogP contribution is -2.33. The van der Waals surface area contributed by atoms with E-state index in [0.29, 0.717) is 12.5 Å². The smallest absolute Gasteiger partial charge is 0.168 e. The Morgan fingerprint density at radius 2 is 2.53 bits per heavy atom. The Kier molecular flexibility index (Phi) is 4.62. The molecule has 1 aromatic rings. The Hall–Kier alpha value is -1.29. The lowest BCUT2D eigenvalue weighted by atomic mass is 10.00. The average molecular weight is 235 g/mol. The van der Waals surface area contributed by atoms with Gasteiger partial charge >= 0.3 is 0 Å². The predicted molar refractivity (Wildman–Crippen MR) is 69.5 cm³/mol. The first kappa shape index (κ1) is 12.2. The molecular weight excluding hydrogens is 214 g/mol. The molecule has 2 rings (SSSR count). The highest BCUT2D eigenvalue weighted by atomic mass is 16.5. The van der Waals surface area contributed by atoms with Crippen LogP contribution in [0.15, 0.2) is 18.3 Å². The first-order valence-electron chi connectivity index (χ1n) is 6.42. The highest BCUT2D eigenvalue weighted by molar-refractivity contribution is 5.49. The van der Waals surface area contributed by atoms with Gasteiger partial charge in [-0.25, -0.2) is 4.98 Å². The van der Waals surface area contributed by atoms with Crippen molar-refractivity contribution >= 4 is 5.82 Å². The minimum absolute atomic E-state index is 0.672. The van der Waals surface area contributed by atoms with Gasteiger partial charge in [0.1, 0.15) is 0 Å². The second-order valence-electron chi connectivity index (χ2n) is 4.38. The van der Waals surface area contributed by atoms with Gasteiger partial charge in [-0.2, -0.15) is 0 Å². The number of pyridine rings is 1. The number of hydrogen-bond acceptors (Lipinski definition) is 4. The zero-order chi connectivity index (χ0) is 11.9. The number of piperidine rings is 1. The second kappa shape index (κ2) is 6.45. The molecule has 1 saturated heterocycles. The molecule has 1 unspecified atom stereocenters. The molecule has 1 aromatic heterocycles. The lowest BCUT2D eigenvalue weighted by molar-refractivity contribution is 0.339. The van der Waals surface area contributed by atoms with Crippen molar-refractivity contribution in [1.82, 2.24) is 10.3 Å². The molecule has 1 aliphatic heterocycles. The van der Waals surface area contributed by atoms with E-state index in [0.717, 1.165) is 31.2 Å². The second-order valence-corrected chi connectivity index (χ2v) is 4.38. The molecule has 0 saturated carbocycles. The number of nitrogens with one attached hydrogen (secondary N) is 2. The van der Waals surface area contributed by atoms with E-state index in [1.165, 1.54) is 12.8 Å². The van der Waals surface area contributed by atoms with Crippen LogP contribution in [-0.4, -0.2) is 31.2 Å². The molecule has 1 fully saturated rings. The molecule has 17 heavy (non-hydrogen) atoms. The molecule has 94 valence electrons. The molecule has 1 aliphatic rings. The summed E-state index contributed by atoms with van der Waals surface area (Å²) in [6, 6.07) is 3.86. The maximum absolute atomic E-state index is 5.54. The molecule has 4 nitrogen and oxygen atoms in total. The van der Waals surface area contributed by atoms with E-state index in [1.54, 1.807) is 6.20 Å². The monoisotopic (exact) mass is 235 g/mol. The standard InChI is InChI=1S/C13H21N3O/c1-2-17-12-6-4-8-15-13(12)16-10-11-5-3-7-14-9-11/h4,6,8,11,14H,2-3,5,7,9-10H2,1H3,(H,15,16). The van der Waals surface area contributed by atoms with Crippen molar-refractivity contribution in [3.05, 3.63) is 18.3 Å². The van der Waals surface area contributed by atoms with E-state index < -0.39 is 0 Å². The normalized spacial score (nSPS) is 19.9. The third kappa shape index (κ3) is 3.60. The number of anilines is 1. The third-order valence-electron chi connectivity index (χ3n) is 3.03. The van der Waals surface area contributed by atoms with Crippen molar-refractivity contribution in [2.45, 2.75) is 19.8 Å². The van der Waals surface area contributed by atoms with E-state index in [1.807, 2.05) is 19.1 Å². The molecule has 0 aromatic carbocycles. The molecule has 0 aliphatic carbocycles. The summed E-state index contributed by atoms with van der Waals surface area (Å²) in [4.78, 5) is 4.33. The number of rotatable bonds is 5. The maximum atomic E-state index is 5.54. The minimum atomic E-state index is 0.672. The highest BCUT2D eigenvalue weighted by Crippen LogP contribution is 2.21. The van der Waals surface area contributed by atoms with Crippen LogP contribution < -0.4 is 15.4 Å². The van der Waals surface area contributed by atoms with Gasteiger partial charge in [0.2, 0.25) is 0 Å². The van der Waals surface area contributed by atoms with Gasteiger partial charge < -0.3 is 15.4 Å². The molecule has 0 spiro atoms. The first-order chi connectivity index (χ1) is 8.40. The lowest BCUT2D eigenvalue weighted by Gasteiger charge is -2.23. The average Bonchev–Trinajstić information content (AvgIpc) is 2.39. The van der Waals surface area contributed by atoms with Crippen LogP contribution in [0.3, 0.4) is 0 Å². The molecule has 0 bridgehead atoms. The molecule has 2 heterocycles. The number of hydrogen-bond donors (Lipinski definition) is 2. The van der Waals surface area contributed by atoms with Crippen LogP contribution in [0, 0.1) is 5.92 Å². The van der Waals surface area contributed by atoms with Crippen LogP contribution >= 0.6 is 0 Å². The Labute approximate surface area is 103 Å². The topological polar surface area (TPSA) is 46.2 Å². The molecule has 0 amide bonds. The Balaban J connectivity index is 1.88. The summed E-state index contributed by atoms with van der Waals surface area (Å²) in [7, 11) is 0. The summed E-state index contributed by atoms with van der Waals surface area (Å²) in [5.74, 6) is 2.40. The number of nitrogens with zero attached hydrogens (tertiary/aromatic N) is 1. The van der Waals surface area contributed by atoms with Gasteiger partial charge in [-0.1, -0.05) is 0 Å². The van der Waals surface area contributed by atoms with Crippen molar-refractivity contribution in [3.8, 4) is 5.75 Å². The molecule has 4 heteroatoms. The van der Waals surface area contributed by atoms with Crippen LogP contribution in [0.5, 0.6) is 5.75 Å². The van der Waals surface area contributed by atoms with E-state index in [4.69, 9.17) is 4.74 Å². The van der Waals surface area contributed by atoms with Crippen molar-refractivity contribution in [2.75, 3.05) is 31.6 Å². The molecule has 2 N–H and O–H groups in total. The maximum Gasteiger partial charge on any atom is 0.168 e. The van der Waals surface area contributed by atoms with Gasteiger partial charge in [-0.05, 0) is 50.9 Å². The van der Waals surface area contributed by atoms with E-state index in [9.17, 15) is 0 Å². The van der Waals surface area contributed by atoms with Crippen LogP contribution in [0.4, 0.5) is 5.82 Å². The van der Waals surface area contributed by atoms with Crippen LogP contribution in [0.2, 0.25) is 0 Å². The fourth-order valence-corrected chi connectivity index (χ4v) is 2.13. The summed E-state index contributed by atoms with van der Waals surface area (Å²) in [6.07, 6.45) is 4.35. The first-order valence-corrected chi connectivity index (χ1v) is 6.42. The van der Waals surface area contributed by atoms with Crippen molar-refractivity contribution < 1.29 is 4.74 Å². The Bertz CT molecular complexity index is 337. The summed E-state index contributed by atoms with van der Waals surface area (Å²) in [5, 5.41) is 6.81. The van der Waals surface area contributed by atoms with Gasteiger partial charge in [0.05, 0.1) is 6.61 Å². The minimum Gasteiger partial charge on any atom is -0.490 e. The quantitative estimate of drug-likeness (QED) is 0.818. The van der Waals surface area contributed by atoms with Gasteiger partial charge in [0, 0.05) is 12.7 Å². The zero-order valence-corrected chi connectivity index (χ0v) is 10.4. The van der Waals surface area contributed by atoms with Crippen LogP contribution in [-0.2, 0) is 0 Å². The predicted octanol–water partition coefficient (Wildman–Crippen LogP) is 1.89. The van der Waals surface area contributed by atoms with Gasteiger partial charge in [0.15, 0.2) is 11.6 Å². The fourth-order valence-electron chi connectivity index (χ4n) is 2.13. The molecule has 1 atom stereocenters. The van der Waals surface area contributed by atoms with Crippen LogP contribution in [0.25, 0.3) is 0 Å². The molecule has 0 radical (unpaired) electrons. The SMILES string of the molecule is CCOc1cccnc1NCC1CCCNC1. The summed E-state index contributed by atoms with van der Waals surface area (Å²) >= 11 is 0. The number of aromatic nitrogens is 1. The third-order valence-corrected chi connectivity index (χ3v) is 3.03. The van der Waals surface area contributed by atoms with E-state index in [2.05, 4.69) is 15.6 Å². The Morgan fingerprint density at radius 3 is 3.29 bits per heavy atom. The zero-order valence-electron chi connectivity index (χ0n) is 10.4. The van der Waals surface area contributed by atoms with Crippen LogP contribution in [0.1, 0.15) is 19.8 Å². The van der Waals surface area contributed by atoms with E-state index in [-0.39, 0.29) is 0 Å². The summed E-state index contributed by atoms with van der Waals surface area (Å²) in [5.41, 5.74) is 0. The van der Waals surface area contributed by atoms with E-state index >= 15 is 0 Å². The van der Waals surface area contributed by atoms with Crippen molar-refractivity contribution in [1.29, 1.82) is 0 Å². The summed E-state index contributed by atoms with van der Waals surface area (Å²) < 4.78 is 5.54. The highest BCUT2D eigenvalue weighted by Gasteiger charge is 2.13. The van der Waals surface area contributed by atoms with Gasteiger partial charge in [-0.3, -0.25) is 0 Å². The van der Waals surface area contributed by atoms with Gasteiger partial charge in [-0.15, -0.1) is 0 Å². The number of ether oxygens (including phenoxy) is 1. The van der Waals surface area contributed by atoms with Gasteiger partial charge in [0.25, 0.3) is 0 Å². The fraction of sp³-hybridized carbons (Fsp3) is 0.615. The largest absolute Gasteiger partial charge is 0.490 e.